The second-order valence-electron chi connectivity index (χ2n) is 0.757. The molecule has 0 spiro atoms. The van der Waals surface area contributed by atoms with Gasteiger partial charge in [-0.15, -0.1) is 0 Å². The van der Waals surface area contributed by atoms with Gasteiger partial charge in [-0.05, 0) is 0 Å². The van der Waals surface area contributed by atoms with Crippen molar-refractivity contribution in [1.82, 2.24) is 0 Å². The van der Waals surface area contributed by atoms with Crippen LogP contribution in [0.3, 0.4) is 0 Å². The van der Waals surface area contributed by atoms with E-state index in [2.05, 4.69) is 6.58 Å². The zero-order chi connectivity index (χ0) is 4.83. The summed E-state index contributed by atoms with van der Waals surface area (Å²) in [5.41, 5.74) is 0. The van der Waals surface area contributed by atoms with Crippen LogP contribution in [0, 0.1) is 0 Å². The predicted molar refractivity (Wildman–Crippen MR) is 25.4 cm³/mol. The zero-order valence-corrected chi connectivity index (χ0v) is 6.36. The number of hydrogen-bond acceptors (Lipinski definition) is 0. The minimum atomic E-state index is 1.48. The van der Waals surface area contributed by atoms with Gasteiger partial charge < -0.3 is 0 Å². The Bertz CT molecular complexity index is 62.0. The van der Waals surface area contributed by atoms with E-state index in [9.17, 15) is 0 Å². The van der Waals surface area contributed by atoms with Crippen LogP contribution in [0.1, 0.15) is 0 Å². The quantitative estimate of drug-likeness (QED) is 0.643. The van der Waals surface area contributed by atoms with Gasteiger partial charge in [0.25, 0.3) is 0 Å². The van der Waals surface area contributed by atoms with E-state index in [1.807, 2.05) is 16.6 Å². The van der Waals surface area contributed by atoms with Gasteiger partial charge in [0.1, 0.15) is 0 Å². The summed E-state index contributed by atoms with van der Waals surface area (Å²) in [7, 11) is 0. The molecule has 0 nitrogen and oxygen atoms in total. The first kappa shape index (κ1) is 6.04. The van der Waals surface area contributed by atoms with E-state index in [4.69, 9.17) is 0 Å². The van der Waals surface area contributed by atoms with Crippen LogP contribution in [0.2, 0.25) is 0 Å². The first-order valence-electron chi connectivity index (χ1n) is 1.64. The normalized spacial score (nSPS) is 8.67. The molecule has 0 aliphatic rings. The summed E-state index contributed by atoms with van der Waals surface area (Å²) in [6.45, 7) is 3.50. The van der Waals surface area contributed by atoms with E-state index in [0.29, 0.717) is 0 Å². The van der Waals surface area contributed by atoms with Gasteiger partial charge in [0.2, 0.25) is 0 Å². The molecule has 0 aromatic heterocycles. The van der Waals surface area contributed by atoms with E-state index in [-0.39, 0.29) is 0 Å². The molecule has 0 amide bonds. The third-order valence-electron chi connectivity index (χ3n) is 0.326. The summed E-state index contributed by atoms with van der Waals surface area (Å²) >= 11 is 1.48. The standard InChI is InChI=1S/C5H6.W/c1-3-5-4-2;/h1,3-5H,2H2;. The van der Waals surface area contributed by atoms with Gasteiger partial charge in [-0.3, -0.25) is 0 Å². The Morgan fingerprint density at radius 3 is 2.17 bits per heavy atom. The Labute approximate surface area is 49.0 Å². The number of allylic oxidation sites excluding steroid dienone is 3. The molecule has 0 fully saturated rings. The van der Waals surface area contributed by atoms with E-state index in [0.717, 1.165) is 0 Å². The van der Waals surface area contributed by atoms with Crippen LogP contribution in [-0.2, 0) is 19.4 Å². The van der Waals surface area contributed by atoms with Crippen LogP contribution < -0.4 is 0 Å². The Hall–Kier alpha value is 0.0383. The molecule has 32 valence electrons. The fraction of sp³-hybridized carbons (Fsp3) is 0. The van der Waals surface area contributed by atoms with Gasteiger partial charge in [0.15, 0.2) is 0 Å². The number of hydrogen-bond donors (Lipinski definition) is 0. The minimum absolute atomic E-state index is 1.48. The molecule has 6 heavy (non-hydrogen) atoms. The van der Waals surface area contributed by atoms with Gasteiger partial charge >= 0.3 is 48.6 Å². The molecule has 0 aromatic rings. The van der Waals surface area contributed by atoms with Crippen LogP contribution in [0.15, 0.2) is 24.8 Å². The molecule has 1 heteroatoms. The molecular weight excluding hydrogens is 244 g/mol. The van der Waals surface area contributed by atoms with Crippen molar-refractivity contribution in [2.45, 2.75) is 0 Å². The molecule has 0 radical (unpaired) electrons. The molecule has 0 aliphatic carbocycles. The molecule has 0 N–H and O–H groups in total. The zero-order valence-electron chi connectivity index (χ0n) is 3.42. The summed E-state index contributed by atoms with van der Waals surface area (Å²) in [5, 5.41) is 0. The van der Waals surface area contributed by atoms with Gasteiger partial charge in [0.05, 0.1) is 0 Å². The molecule has 0 aromatic carbocycles. The van der Waals surface area contributed by atoms with Crippen LogP contribution in [0.5, 0.6) is 0 Å². The van der Waals surface area contributed by atoms with Gasteiger partial charge in [0, 0.05) is 0 Å². The molecule has 0 atom stereocenters. The molecule has 0 aliphatic heterocycles. The van der Waals surface area contributed by atoms with Gasteiger partial charge in [-0.1, -0.05) is 0 Å². The predicted octanol–water partition coefficient (Wildman–Crippen LogP) is 1.08. The van der Waals surface area contributed by atoms with Crippen molar-refractivity contribution < 1.29 is 19.4 Å². The Morgan fingerprint density at radius 2 is 2.00 bits per heavy atom. The van der Waals surface area contributed by atoms with Crippen molar-refractivity contribution in [2.24, 2.45) is 0 Å². The SMILES string of the molecule is C=CC=C[CH]=[W]. The Balaban J connectivity index is 3.17. The van der Waals surface area contributed by atoms with Gasteiger partial charge in [-0.25, -0.2) is 0 Å². The van der Waals surface area contributed by atoms with Crippen LogP contribution >= 0.6 is 0 Å². The molecule has 0 unspecified atom stereocenters. The number of rotatable bonds is 2. The Kier molecular flexibility index (Phi) is 5.07. The fourth-order valence-corrected chi connectivity index (χ4v) is 0.450. The Morgan fingerprint density at radius 1 is 1.33 bits per heavy atom. The van der Waals surface area contributed by atoms with Crippen molar-refractivity contribution in [1.29, 1.82) is 0 Å². The third-order valence-corrected chi connectivity index (χ3v) is 0.890. The van der Waals surface area contributed by atoms with Crippen molar-refractivity contribution >= 4 is 4.40 Å². The van der Waals surface area contributed by atoms with Crippen molar-refractivity contribution in [3.63, 3.8) is 0 Å². The molecule has 0 rings (SSSR count). The average molecular weight is 250 g/mol. The maximum atomic E-state index is 3.50. The molecular formula is C5H6W. The van der Waals surface area contributed by atoms with Crippen molar-refractivity contribution in [3.8, 4) is 0 Å². The van der Waals surface area contributed by atoms with Gasteiger partial charge in [-0.2, -0.15) is 0 Å². The topological polar surface area (TPSA) is 0 Å². The van der Waals surface area contributed by atoms with Crippen LogP contribution in [-0.4, -0.2) is 4.40 Å². The second kappa shape index (κ2) is 5.04. The van der Waals surface area contributed by atoms with Crippen LogP contribution in [0.4, 0.5) is 0 Å². The third kappa shape index (κ3) is 4.04. The fourth-order valence-electron chi connectivity index (χ4n) is 0.124. The van der Waals surface area contributed by atoms with Crippen LogP contribution in [0.25, 0.3) is 0 Å². The first-order valence-corrected chi connectivity index (χ1v) is 3.34. The molecule has 0 bridgehead atoms. The first-order chi connectivity index (χ1) is 2.91. The van der Waals surface area contributed by atoms with E-state index in [1.54, 1.807) is 6.08 Å². The second-order valence-corrected chi connectivity index (χ2v) is 1.73. The monoisotopic (exact) mass is 250 g/mol. The summed E-state index contributed by atoms with van der Waals surface area (Å²) < 4.78 is 2.04. The summed E-state index contributed by atoms with van der Waals surface area (Å²) in [5.74, 6) is 0. The van der Waals surface area contributed by atoms with E-state index >= 15 is 0 Å². The average Bonchev–Trinajstić information content (AvgIpc) is 1.61. The molecule has 0 saturated carbocycles. The van der Waals surface area contributed by atoms with E-state index < -0.39 is 0 Å². The van der Waals surface area contributed by atoms with Crippen molar-refractivity contribution in [2.75, 3.05) is 0 Å². The maximum absolute atomic E-state index is 3.50. The summed E-state index contributed by atoms with van der Waals surface area (Å²) in [4.78, 5) is 0. The molecule has 0 heterocycles. The molecule has 0 saturated heterocycles. The van der Waals surface area contributed by atoms with Crippen molar-refractivity contribution in [3.05, 3.63) is 24.8 Å². The van der Waals surface area contributed by atoms with E-state index in [1.165, 1.54) is 19.4 Å². The summed E-state index contributed by atoms with van der Waals surface area (Å²) in [6, 6.07) is 0. The summed E-state index contributed by atoms with van der Waals surface area (Å²) in [6.07, 6.45) is 5.65.